The van der Waals surface area contributed by atoms with E-state index in [9.17, 15) is 19.2 Å². The first-order chi connectivity index (χ1) is 16.5. The van der Waals surface area contributed by atoms with Crippen molar-refractivity contribution in [2.45, 2.75) is 31.7 Å². The fraction of sp³-hybridized carbons (Fsp3) is 0.435. The number of hydrogen-bond donors (Lipinski definition) is 2. The van der Waals surface area contributed by atoms with Crippen LogP contribution in [0.15, 0.2) is 36.5 Å². The van der Waals surface area contributed by atoms with Gasteiger partial charge in [0, 0.05) is 36.2 Å². The van der Waals surface area contributed by atoms with Crippen LogP contribution < -0.4 is 10.6 Å². The fourth-order valence-corrected chi connectivity index (χ4v) is 4.94. The quantitative estimate of drug-likeness (QED) is 0.548. The third-order valence-electron chi connectivity index (χ3n) is 5.57. The van der Waals surface area contributed by atoms with Crippen LogP contribution in [0.1, 0.15) is 23.8 Å². The van der Waals surface area contributed by atoms with E-state index in [-0.39, 0.29) is 24.6 Å². The van der Waals surface area contributed by atoms with Crippen molar-refractivity contribution in [3.8, 4) is 0 Å². The summed E-state index contributed by atoms with van der Waals surface area (Å²) in [6.45, 7) is 2.27. The summed E-state index contributed by atoms with van der Waals surface area (Å²) in [5, 5.41) is 7.10. The Morgan fingerprint density at radius 3 is 2.88 bits per heavy atom. The molecule has 2 aliphatic rings. The van der Waals surface area contributed by atoms with Crippen LogP contribution in [-0.2, 0) is 23.9 Å². The van der Waals surface area contributed by atoms with Gasteiger partial charge in [-0.3, -0.25) is 24.2 Å². The van der Waals surface area contributed by atoms with Crippen LogP contribution in [0.2, 0.25) is 0 Å². The van der Waals surface area contributed by atoms with Gasteiger partial charge in [0.2, 0.25) is 18.1 Å². The fourth-order valence-electron chi connectivity index (χ4n) is 3.96. The molecule has 0 radical (unpaired) electrons. The lowest BCUT2D eigenvalue weighted by atomic mass is 10.1. The second-order valence-corrected chi connectivity index (χ2v) is 9.08. The van der Waals surface area contributed by atoms with Crippen LogP contribution in [0.3, 0.4) is 0 Å². The molecule has 3 atom stereocenters. The number of ether oxygens (including phenoxy) is 2. The Kier molecular flexibility index (Phi) is 7.63. The maximum Gasteiger partial charge on any atom is 0.310 e. The molecule has 10 nitrogen and oxygen atoms in total. The topological polar surface area (TPSA) is 127 Å². The number of nitrogens with one attached hydrogen (secondary N) is 2. The standard InChI is InChI=1S/C23H26N4O6S/c1-2-32-23-16(11-19(29)33-23)25-18(28)12-27-9-10-34-13-17(22(27)31)26-21(30)20-15-6-4-3-5-14(15)7-8-24-20/h3-8,16-17,23H,2,9-13H2,1H3,(H,25,28)(H,26,30). The zero-order valence-electron chi connectivity index (χ0n) is 18.7. The number of hydrogen-bond acceptors (Lipinski definition) is 8. The minimum absolute atomic E-state index is 0.0108. The molecule has 34 heavy (non-hydrogen) atoms. The number of pyridine rings is 1. The first-order valence-corrected chi connectivity index (χ1v) is 12.2. The molecule has 3 amide bonds. The Hall–Kier alpha value is -3.18. The summed E-state index contributed by atoms with van der Waals surface area (Å²) in [6, 6.07) is 7.82. The summed E-state index contributed by atoms with van der Waals surface area (Å²) < 4.78 is 10.4. The smallest absolute Gasteiger partial charge is 0.310 e. The minimum atomic E-state index is -0.836. The minimum Gasteiger partial charge on any atom is -0.433 e. The monoisotopic (exact) mass is 486 g/mol. The molecule has 180 valence electrons. The predicted octanol–water partition coefficient (Wildman–Crippen LogP) is 0.703. The van der Waals surface area contributed by atoms with Crippen molar-refractivity contribution in [2.24, 2.45) is 0 Å². The zero-order chi connectivity index (χ0) is 24.1. The Bertz CT molecular complexity index is 1090. The summed E-state index contributed by atoms with van der Waals surface area (Å²) in [5.74, 6) is -0.628. The van der Waals surface area contributed by atoms with Gasteiger partial charge in [-0.1, -0.05) is 24.3 Å². The maximum absolute atomic E-state index is 13.2. The second kappa shape index (κ2) is 10.8. The number of cyclic esters (lactones) is 1. The van der Waals surface area contributed by atoms with Gasteiger partial charge in [-0.05, 0) is 18.4 Å². The molecule has 2 saturated heterocycles. The number of esters is 1. The molecule has 0 spiro atoms. The number of carbonyl (C=O) groups is 4. The molecule has 1 aromatic carbocycles. The lowest BCUT2D eigenvalue weighted by Crippen LogP contribution is -2.52. The molecule has 2 fully saturated rings. The van der Waals surface area contributed by atoms with Crippen molar-refractivity contribution < 1.29 is 28.7 Å². The first kappa shape index (κ1) is 24.0. The molecular weight excluding hydrogens is 460 g/mol. The van der Waals surface area contributed by atoms with Gasteiger partial charge in [-0.15, -0.1) is 0 Å². The highest BCUT2D eigenvalue weighted by molar-refractivity contribution is 7.99. The van der Waals surface area contributed by atoms with Crippen LogP contribution in [0.5, 0.6) is 0 Å². The van der Waals surface area contributed by atoms with Gasteiger partial charge in [0.15, 0.2) is 0 Å². The number of fused-ring (bicyclic) bond motifs is 1. The lowest BCUT2D eigenvalue weighted by molar-refractivity contribution is -0.164. The highest BCUT2D eigenvalue weighted by Gasteiger charge is 2.37. The summed E-state index contributed by atoms with van der Waals surface area (Å²) >= 11 is 1.53. The van der Waals surface area contributed by atoms with Crippen molar-refractivity contribution in [1.82, 2.24) is 20.5 Å². The number of rotatable bonds is 7. The largest absolute Gasteiger partial charge is 0.433 e. The molecule has 2 aliphatic heterocycles. The second-order valence-electron chi connectivity index (χ2n) is 7.93. The van der Waals surface area contributed by atoms with E-state index in [0.29, 0.717) is 30.0 Å². The van der Waals surface area contributed by atoms with Gasteiger partial charge < -0.3 is 25.0 Å². The lowest BCUT2D eigenvalue weighted by Gasteiger charge is -2.25. The number of aromatic nitrogens is 1. The normalized spacial score (nSPS) is 22.9. The Labute approximate surface area is 200 Å². The van der Waals surface area contributed by atoms with Gasteiger partial charge in [-0.25, -0.2) is 0 Å². The van der Waals surface area contributed by atoms with Gasteiger partial charge >= 0.3 is 5.97 Å². The molecule has 1 aromatic heterocycles. The van der Waals surface area contributed by atoms with Crippen LogP contribution >= 0.6 is 11.8 Å². The SMILES string of the molecule is CCOC1OC(=O)CC1NC(=O)CN1CCSCC(NC(=O)c2nccc3ccccc23)C1=O. The summed E-state index contributed by atoms with van der Waals surface area (Å²) in [7, 11) is 0. The zero-order valence-corrected chi connectivity index (χ0v) is 19.5. The van der Waals surface area contributed by atoms with Gasteiger partial charge in [0.05, 0.1) is 13.0 Å². The molecule has 0 saturated carbocycles. The molecule has 3 unspecified atom stereocenters. The van der Waals surface area contributed by atoms with Gasteiger partial charge in [-0.2, -0.15) is 11.8 Å². The van der Waals surface area contributed by atoms with E-state index < -0.39 is 36.2 Å². The number of nitrogens with zero attached hydrogens (tertiary/aromatic N) is 2. The van der Waals surface area contributed by atoms with Gasteiger partial charge in [0.25, 0.3) is 5.91 Å². The van der Waals surface area contributed by atoms with Crippen LogP contribution in [0.25, 0.3) is 10.8 Å². The van der Waals surface area contributed by atoms with Crippen molar-refractivity contribution in [2.75, 3.05) is 31.2 Å². The number of amides is 3. The highest BCUT2D eigenvalue weighted by atomic mass is 32.2. The van der Waals surface area contributed by atoms with E-state index in [1.807, 2.05) is 30.3 Å². The van der Waals surface area contributed by atoms with Crippen molar-refractivity contribution >= 4 is 46.2 Å². The van der Waals surface area contributed by atoms with Crippen LogP contribution in [0, 0.1) is 0 Å². The molecule has 0 aliphatic carbocycles. The van der Waals surface area contributed by atoms with E-state index >= 15 is 0 Å². The Morgan fingerprint density at radius 1 is 1.24 bits per heavy atom. The summed E-state index contributed by atoms with van der Waals surface area (Å²) in [5.41, 5.74) is 0.248. The Balaban J connectivity index is 1.40. The van der Waals surface area contributed by atoms with E-state index in [4.69, 9.17) is 9.47 Å². The molecule has 2 N–H and O–H groups in total. The molecule has 11 heteroatoms. The number of benzene rings is 1. The summed E-state index contributed by atoms with van der Waals surface area (Å²) in [4.78, 5) is 56.0. The van der Waals surface area contributed by atoms with E-state index in [0.717, 1.165) is 5.39 Å². The van der Waals surface area contributed by atoms with E-state index in [2.05, 4.69) is 15.6 Å². The van der Waals surface area contributed by atoms with Crippen LogP contribution in [0.4, 0.5) is 0 Å². The first-order valence-electron chi connectivity index (χ1n) is 11.1. The summed E-state index contributed by atoms with van der Waals surface area (Å²) in [6.07, 6.45) is 0.735. The van der Waals surface area contributed by atoms with Crippen molar-refractivity contribution in [1.29, 1.82) is 0 Å². The van der Waals surface area contributed by atoms with E-state index in [1.54, 1.807) is 13.1 Å². The number of carbonyl (C=O) groups excluding carboxylic acids is 4. The molecule has 2 aromatic rings. The van der Waals surface area contributed by atoms with Gasteiger partial charge in [0.1, 0.15) is 17.8 Å². The van der Waals surface area contributed by atoms with E-state index in [1.165, 1.54) is 16.7 Å². The third-order valence-corrected chi connectivity index (χ3v) is 6.61. The number of thioether (sulfide) groups is 1. The van der Waals surface area contributed by atoms with Crippen LogP contribution in [-0.4, -0.2) is 83.2 Å². The average Bonchev–Trinajstić information content (AvgIpc) is 3.08. The maximum atomic E-state index is 13.2. The average molecular weight is 487 g/mol. The molecular formula is C23H26N4O6S. The molecule has 0 bridgehead atoms. The molecule has 4 rings (SSSR count). The predicted molar refractivity (Wildman–Crippen MR) is 125 cm³/mol. The third kappa shape index (κ3) is 5.48. The molecule has 3 heterocycles. The highest BCUT2D eigenvalue weighted by Crippen LogP contribution is 2.19. The van der Waals surface area contributed by atoms with Crippen molar-refractivity contribution in [3.63, 3.8) is 0 Å². The Morgan fingerprint density at radius 2 is 2.06 bits per heavy atom. The van der Waals surface area contributed by atoms with Crippen molar-refractivity contribution in [3.05, 3.63) is 42.2 Å².